The second-order valence-electron chi connectivity index (χ2n) is 6.83. The lowest BCUT2D eigenvalue weighted by molar-refractivity contribution is -0.145. The van der Waals surface area contributed by atoms with Gasteiger partial charge in [-0.05, 0) is 53.0 Å². The van der Waals surface area contributed by atoms with Crippen LogP contribution in [0.3, 0.4) is 0 Å². The Hall–Kier alpha value is -1.57. The van der Waals surface area contributed by atoms with Gasteiger partial charge in [-0.1, -0.05) is 49.3 Å². The largest absolute Gasteiger partial charge is 0.454 e. The number of rotatable bonds is 2. The summed E-state index contributed by atoms with van der Waals surface area (Å²) in [5, 5.41) is 0. The summed E-state index contributed by atoms with van der Waals surface area (Å²) < 4.78 is 5.78. The second kappa shape index (κ2) is 8.17. The summed E-state index contributed by atoms with van der Waals surface area (Å²) in [6.45, 7) is 12.2. The summed E-state index contributed by atoms with van der Waals surface area (Å²) in [4.78, 5) is 12.2. The molecular weight excluding hydrogens is 272 g/mol. The Labute approximate surface area is 135 Å². The molecule has 2 nitrogen and oxygen atoms in total. The number of allylic oxidation sites excluding steroid dienone is 5. The summed E-state index contributed by atoms with van der Waals surface area (Å²) >= 11 is 0. The van der Waals surface area contributed by atoms with Crippen molar-refractivity contribution in [1.82, 2.24) is 0 Å². The molecule has 0 fully saturated rings. The van der Waals surface area contributed by atoms with E-state index in [9.17, 15) is 4.79 Å². The van der Waals surface area contributed by atoms with Gasteiger partial charge in [0.15, 0.2) is 0 Å². The highest BCUT2D eigenvalue weighted by Crippen LogP contribution is 2.29. The normalized spacial score (nSPS) is 23.2. The minimum atomic E-state index is -0.246. The minimum absolute atomic E-state index is 0.227. The smallest absolute Gasteiger partial charge is 0.333 e. The lowest BCUT2D eigenvalue weighted by Gasteiger charge is -2.30. The number of esters is 1. The van der Waals surface area contributed by atoms with Crippen LogP contribution in [0.4, 0.5) is 0 Å². The molecule has 0 amide bonds. The van der Waals surface area contributed by atoms with E-state index in [0.29, 0.717) is 5.57 Å². The molecule has 0 saturated carbocycles. The van der Waals surface area contributed by atoms with Crippen LogP contribution in [0.1, 0.15) is 60.8 Å². The number of ether oxygens (including phenoxy) is 1. The van der Waals surface area contributed by atoms with E-state index in [1.807, 2.05) is 6.92 Å². The van der Waals surface area contributed by atoms with Crippen molar-refractivity contribution in [2.75, 3.05) is 0 Å². The summed E-state index contributed by atoms with van der Waals surface area (Å²) in [6, 6.07) is 0. The van der Waals surface area contributed by atoms with Gasteiger partial charge in [0.25, 0.3) is 0 Å². The average Bonchev–Trinajstić information content (AvgIpc) is 2.46. The third kappa shape index (κ3) is 5.67. The molecule has 1 aliphatic rings. The number of carbonyl (C=O) groups excluding carboxylic acids is 1. The first-order valence-corrected chi connectivity index (χ1v) is 8.10. The summed E-state index contributed by atoms with van der Waals surface area (Å²) in [7, 11) is 0. The van der Waals surface area contributed by atoms with E-state index < -0.39 is 0 Å². The first kappa shape index (κ1) is 18.5. The standard InChI is InChI=1S/C20H30O2/c1-7-17(4)19(21)22-18-14-16(3)11-8-10-15(2)12-9-13-20(18,5)6/h7,9-10,13-14,18H,8,11-12H2,1-6H3. The lowest BCUT2D eigenvalue weighted by atomic mass is 9.84. The maximum absolute atomic E-state index is 12.2. The van der Waals surface area contributed by atoms with Gasteiger partial charge < -0.3 is 4.74 Å². The van der Waals surface area contributed by atoms with Gasteiger partial charge in [-0.15, -0.1) is 0 Å². The van der Waals surface area contributed by atoms with E-state index in [0.717, 1.165) is 19.3 Å². The van der Waals surface area contributed by atoms with Gasteiger partial charge in [0.2, 0.25) is 0 Å². The Morgan fingerprint density at radius 3 is 2.64 bits per heavy atom. The highest BCUT2D eigenvalue weighted by molar-refractivity contribution is 5.87. The minimum Gasteiger partial charge on any atom is -0.454 e. The van der Waals surface area contributed by atoms with Crippen LogP contribution in [0.5, 0.6) is 0 Å². The molecule has 22 heavy (non-hydrogen) atoms. The van der Waals surface area contributed by atoms with Crippen molar-refractivity contribution in [3.63, 3.8) is 0 Å². The fourth-order valence-corrected chi connectivity index (χ4v) is 2.34. The Bertz CT molecular complexity index is 516. The Morgan fingerprint density at radius 1 is 1.32 bits per heavy atom. The Morgan fingerprint density at radius 2 is 2.00 bits per heavy atom. The van der Waals surface area contributed by atoms with Crippen molar-refractivity contribution < 1.29 is 9.53 Å². The van der Waals surface area contributed by atoms with Crippen LogP contribution >= 0.6 is 0 Å². The molecule has 0 spiro atoms. The molecule has 0 aliphatic heterocycles. The summed E-state index contributed by atoms with van der Waals surface area (Å²) in [5.74, 6) is -0.234. The van der Waals surface area contributed by atoms with Crippen LogP contribution in [-0.4, -0.2) is 12.1 Å². The molecule has 2 heteroatoms. The highest BCUT2D eigenvalue weighted by atomic mass is 16.5. The van der Waals surface area contributed by atoms with Gasteiger partial charge in [0, 0.05) is 11.0 Å². The maximum Gasteiger partial charge on any atom is 0.333 e. The van der Waals surface area contributed by atoms with E-state index in [1.54, 1.807) is 13.0 Å². The molecule has 0 N–H and O–H groups in total. The molecule has 0 aromatic carbocycles. The molecule has 0 radical (unpaired) electrons. The van der Waals surface area contributed by atoms with Crippen molar-refractivity contribution in [3.8, 4) is 0 Å². The highest BCUT2D eigenvalue weighted by Gasteiger charge is 2.29. The quantitative estimate of drug-likeness (QED) is 0.381. The molecule has 0 bridgehead atoms. The molecule has 0 aromatic heterocycles. The molecule has 1 aliphatic carbocycles. The molecule has 122 valence electrons. The molecular formula is C20H30O2. The predicted molar refractivity (Wildman–Crippen MR) is 93.6 cm³/mol. The van der Waals surface area contributed by atoms with Crippen LogP contribution < -0.4 is 0 Å². The second-order valence-corrected chi connectivity index (χ2v) is 6.83. The fraction of sp³-hybridized carbons (Fsp3) is 0.550. The predicted octanol–water partition coefficient (Wildman–Crippen LogP) is 5.52. The SMILES string of the molecule is CC=C(C)C(=O)OC1C=C(C)CCC=C(C)CC=CC1(C)C. The Kier molecular flexibility index (Phi) is 6.86. The number of hydrogen-bond donors (Lipinski definition) is 0. The van der Waals surface area contributed by atoms with Crippen molar-refractivity contribution in [2.45, 2.75) is 66.9 Å². The molecule has 0 aromatic rings. The van der Waals surface area contributed by atoms with E-state index in [4.69, 9.17) is 4.74 Å². The zero-order valence-electron chi connectivity index (χ0n) is 14.9. The van der Waals surface area contributed by atoms with E-state index in [1.165, 1.54) is 11.1 Å². The number of hydrogen-bond acceptors (Lipinski definition) is 2. The van der Waals surface area contributed by atoms with Crippen molar-refractivity contribution in [3.05, 3.63) is 47.1 Å². The zero-order valence-corrected chi connectivity index (χ0v) is 14.9. The van der Waals surface area contributed by atoms with Gasteiger partial charge in [0.05, 0.1) is 0 Å². The van der Waals surface area contributed by atoms with Crippen molar-refractivity contribution >= 4 is 5.97 Å². The van der Waals surface area contributed by atoms with Crippen molar-refractivity contribution in [2.24, 2.45) is 5.41 Å². The molecule has 1 atom stereocenters. The molecule has 1 rings (SSSR count). The summed E-state index contributed by atoms with van der Waals surface area (Å²) in [5.41, 5.74) is 3.08. The van der Waals surface area contributed by atoms with Crippen LogP contribution in [-0.2, 0) is 9.53 Å². The van der Waals surface area contributed by atoms with E-state index in [2.05, 4.69) is 52.0 Å². The van der Waals surface area contributed by atoms with Crippen LogP contribution in [0.2, 0.25) is 0 Å². The van der Waals surface area contributed by atoms with Gasteiger partial charge in [0.1, 0.15) is 6.10 Å². The van der Waals surface area contributed by atoms with Gasteiger partial charge >= 0.3 is 5.97 Å². The molecule has 0 heterocycles. The lowest BCUT2D eigenvalue weighted by Crippen LogP contribution is -2.31. The number of carbonyl (C=O) groups is 1. The van der Waals surface area contributed by atoms with Crippen molar-refractivity contribution in [1.29, 1.82) is 0 Å². The Balaban J connectivity index is 3.08. The van der Waals surface area contributed by atoms with Gasteiger partial charge in [-0.25, -0.2) is 4.79 Å². The monoisotopic (exact) mass is 302 g/mol. The zero-order chi connectivity index (χ0) is 16.8. The fourth-order valence-electron chi connectivity index (χ4n) is 2.34. The first-order chi connectivity index (χ1) is 10.3. The molecule has 1 unspecified atom stereocenters. The van der Waals surface area contributed by atoms with Gasteiger partial charge in [-0.3, -0.25) is 0 Å². The maximum atomic E-state index is 12.2. The average molecular weight is 302 g/mol. The van der Waals surface area contributed by atoms with Crippen LogP contribution in [0.25, 0.3) is 0 Å². The molecule has 0 saturated heterocycles. The van der Waals surface area contributed by atoms with Crippen LogP contribution in [0, 0.1) is 5.41 Å². The van der Waals surface area contributed by atoms with Gasteiger partial charge in [-0.2, -0.15) is 0 Å². The summed E-state index contributed by atoms with van der Waals surface area (Å²) in [6.07, 6.45) is 13.3. The van der Waals surface area contributed by atoms with E-state index >= 15 is 0 Å². The third-order valence-electron chi connectivity index (χ3n) is 4.18. The first-order valence-electron chi connectivity index (χ1n) is 8.10. The van der Waals surface area contributed by atoms with E-state index in [-0.39, 0.29) is 17.5 Å². The topological polar surface area (TPSA) is 26.3 Å². The third-order valence-corrected chi connectivity index (χ3v) is 4.18. The van der Waals surface area contributed by atoms with Crippen LogP contribution in [0.15, 0.2) is 47.1 Å².